The van der Waals surface area contributed by atoms with Gasteiger partial charge in [0, 0.05) is 12.6 Å². The number of nitrogen functional groups attached to an aromatic ring is 1. The van der Waals surface area contributed by atoms with Crippen molar-refractivity contribution in [2.75, 3.05) is 37.8 Å². The Morgan fingerprint density at radius 1 is 1.35 bits per heavy atom. The molecule has 6 nitrogen and oxygen atoms in total. The molecule has 1 aromatic rings. The van der Waals surface area contributed by atoms with Gasteiger partial charge in [0.05, 0.1) is 6.61 Å². The topological polar surface area (TPSA) is 76.3 Å². The quantitative estimate of drug-likeness (QED) is 0.674. The van der Waals surface area contributed by atoms with Gasteiger partial charge in [0.2, 0.25) is 5.88 Å². The van der Waals surface area contributed by atoms with E-state index < -0.39 is 0 Å². The normalized spacial score (nSPS) is 11.1. The third kappa shape index (κ3) is 5.21. The predicted molar refractivity (Wildman–Crippen MR) is 83.1 cm³/mol. The molecule has 20 heavy (non-hydrogen) atoms. The Morgan fingerprint density at radius 3 is 2.75 bits per heavy atom. The zero-order chi connectivity index (χ0) is 15.0. The maximum absolute atomic E-state index is 5.95. The van der Waals surface area contributed by atoms with Gasteiger partial charge in [-0.05, 0) is 47.2 Å². The first-order chi connectivity index (χ1) is 9.56. The van der Waals surface area contributed by atoms with E-state index in [1.54, 1.807) is 0 Å². The molecule has 0 saturated heterocycles. The largest absolute Gasteiger partial charge is 0.476 e. The lowest BCUT2D eigenvalue weighted by molar-refractivity contribution is 0.269. The van der Waals surface area contributed by atoms with Crippen LogP contribution in [0, 0.1) is 0 Å². The van der Waals surface area contributed by atoms with Gasteiger partial charge in [-0.15, -0.1) is 0 Å². The van der Waals surface area contributed by atoms with E-state index in [4.69, 9.17) is 10.5 Å². The van der Waals surface area contributed by atoms with Gasteiger partial charge in [-0.3, -0.25) is 0 Å². The third-order valence-corrected chi connectivity index (χ3v) is 3.24. The summed E-state index contributed by atoms with van der Waals surface area (Å²) in [6.45, 7) is 8.80. The minimum atomic E-state index is 0.449. The average molecular weight is 281 g/mol. The number of rotatable bonds is 9. The summed E-state index contributed by atoms with van der Waals surface area (Å²) in [7, 11) is 2.15. The van der Waals surface area contributed by atoms with Crippen LogP contribution in [0.25, 0.3) is 0 Å². The standard InChI is InChI=1S/C14H27N5O/c1-5-20-14-12(15)13(17-10-18-14)16-8-6-7-9-19(4)11(2)3/h10-11H,5-9,15H2,1-4H3,(H,16,17,18). The minimum absolute atomic E-state index is 0.449. The molecule has 0 radical (unpaired) electrons. The minimum Gasteiger partial charge on any atom is -0.476 e. The van der Waals surface area contributed by atoms with Gasteiger partial charge in [-0.2, -0.15) is 4.98 Å². The number of aromatic nitrogens is 2. The van der Waals surface area contributed by atoms with E-state index in [9.17, 15) is 0 Å². The molecule has 0 unspecified atom stereocenters. The maximum atomic E-state index is 5.95. The molecule has 1 rings (SSSR count). The summed E-state index contributed by atoms with van der Waals surface area (Å²) in [5, 5.41) is 3.24. The second-order valence-corrected chi connectivity index (χ2v) is 5.08. The molecule has 0 spiro atoms. The number of unbranched alkanes of at least 4 members (excludes halogenated alkanes) is 1. The Kier molecular flexibility index (Phi) is 7.08. The van der Waals surface area contributed by atoms with Crippen LogP contribution in [0.2, 0.25) is 0 Å². The van der Waals surface area contributed by atoms with Crippen LogP contribution in [0.3, 0.4) is 0 Å². The second kappa shape index (κ2) is 8.58. The van der Waals surface area contributed by atoms with Crippen molar-refractivity contribution in [3.63, 3.8) is 0 Å². The average Bonchev–Trinajstić information content (AvgIpc) is 2.42. The van der Waals surface area contributed by atoms with Gasteiger partial charge in [0.1, 0.15) is 12.0 Å². The Morgan fingerprint density at radius 2 is 2.10 bits per heavy atom. The monoisotopic (exact) mass is 281 g/mol. The summed E-state index contributed by atoms with van der Waals surface area (Å²) < 4.78 is 5.34. The highest BCUT2D eigenvalue weighted by Gasteiger charge is 2.08. The van der Waals surface area contributed by atoms with Crippen LogP contribution in [-0.4, -0.2) is 47.7 Å². The van der Waals surface area contributed by atoms with Crippen molar-refractivity contribution in [1.82, 2.24) is 14.9 Å². The molecule has 0 amide bonds. The van der Waals surface area contributed by atoms with E-state index in [0.717, 1.165) is 25.9 Å². The van der Waals surface area contributed by atoms with Crippen molar-refractivity contribution >= 4 is 11.5 Å². The first-order valence-corrected chi connectivity index (χ1v) is 7.23. The molecular weight excluding hydrogens is 254 g/mol. The van der Waals surface area contributed by atoms with Crippen LogP contribution in [0.5, 0.6) is 5.88 Å². The number of nitrogens with one attached hydrogen (secondary N) is 1. The number of hydrogen-bond acceptors (Lipinski definition) is 6. The van der Waals surface area contributed by atoms with Crippen molar-refractivity contribution in [1.29, 1.82) is 0 Å². The predicted octanol–water partition coefficient (Wildman–Crippen LogP) is 1.99. The molecule has 3 N–H and O–H groups in total. The summed E-state index contributed by atoms with van der Waals surface area (Å²) in [4.78, 5) is 10.5. The highest BCUT2D eigenvalue weighted by Crippen LogP contribution is 2.24. The molecule has 0 aliphatic heterocycles. The first kappa shape index (κ1) is 16.5. The molecule has 0 bridgehead atoms. The van der Waals surface area contributed by atoms with Crippen molar-refractivity contribution in [2.45, 2.75) is 39.7 Å². The Labute approximate surface area is 121 Å². The van der Waals surface area contributed by atoms with Gasteiger partial charge in [-0.25, -0.2) is 4.98 Å². The fourth-order valence-electron chi connectivity index (χ4n) is 1.72. The molecule has 0 saturated carbocycles. The number of nitrogens with zero attached hydrogens (tertiary/aromatic N) is 3. The van der Waals surface area contributed by atoms with Crippen LogP contribution in [0.15, 0.2) is 6.33 Å². The maximum Gasteiger partial charge on any atom is 0.242 e. The molecule has 1 aromatic heterocycles. The van der Waals surface area contributed by atoms with Gasteiger partial charge < -0.3 is 20.7 Å². The number of anilines is 2. The highest BCUT2D eigenvalue weighted by molar-refractivity contribution is 5.66. The van der Waals surface area contributed by atoms with E-state index in [2.05, 4.69) is 41.1 Å². The molecular formula is C14H27N5O. The summed E-state index contributed by atoms with van der Waals surface area (Å²) in [6.07, 6.45) is 3.69. The molecule has 114 valence electrons. The molecule has 6 heteroatoms. The summed E-state index contributed by atoms with van der Waals surface area (Å²) in [6, 6.07) is 0.592. The second-order valence-electron chi connectivity index (χ2n) is 5.08. The van der Waals surface area contributed by atoms with Crippen molar-refractivity contribution in [3.8, 4) is 5.88 Å². The summed E-state index contributed by atoms with van der Waals surface area (Å²) in [5.74, 6) is 1.10. The van der Waals surface area contributed by atoms with Crippen molar-refractivity contribution < 1.29 is 4.74 Å². The third-order valence-electron chi connectivity index (χ3n) is 3.24. The van der Waals surface area contributed by atoms with Crippen molar-refractivity contribution in [2.24, 2.45) is 0 Å². The van der Waals surface area contributed by atoms with Crippen molar-refractivity contribution in [3.05, 3.63) is 6.33 Å². The Bertz CT molecular complexity index is 397. The zero-order valence-corrected chi connectivity index (χ0v) is 13.0. The zero-order valence-electron chi connectivity index (χ0n) is 13.0. The number of nitrogens with two attached hydrogens (primary N) is 1. The first-order valence-electron chi connectivity index (χ1n) is 7.23. The summed E-state index contributed by atoms with van der Waals surface area (Å²) in [5.41, 5.74) is 6.43. The molecule has 0 aromatic carbocycles. The smallest absolute Gasteiger partial charge is 0.242 e. The fraction of sp³-hybridized carbons (Fsp3) is 0.714. The van der Waals surface area contributed by atoms with Crippen LogP contribution < -0.4 is 15.8 Å². The molecule has 1 heterocycles. The highest BCUT2D eigenvalue weighted by atomic mass is 16.5. The lowest BCUT2D eigenvalue weighted by Gasteiger charge is -2.20. The molecule has 0 fully saturated rings. The number of hydrogen-bond donors (Lipinski definition) is 2. The fourth-order valence-corrected chi connectivity index (χ4v) is 1.72. The van der Waals surface area contributed by atoms with Crippen LogP contribution in [0.4, 0.5) is 11.5 Å². The van der Waals surface area contributed by atoms with E-state index >= 15 is 0 Å². The van der Waals surface area contributed by atoms with Gasteiger partial charge >= 0.3 is 0 Å². The SMILES string of the molecule is CCOc1ncnc(NCCCCN(C)C(C)C)c1N. The van der Waals surface area contributed by atoms with Crippen LogP contribution in [-0.2, 0) is 0 Å². The van der Waals surface area contributed by atoms with E-state index in [1.165, 1.54) is 6.33 Å². The number of ether oxygens (including phenoxy) is 1. The molecule has 0 aliphatic carbocycles. The van der Waals surface area contributed by atoms with Gasteiger partial charge in [-0.1, -0.05) is 0 Å². The van der Waals surface area contributed by atoms with Crippen LogP contribution in [0.1, 0.15) is 33.6 Å². The summed E-state index contributed by atoms with van der Waals surface area (Å²) >= 11 is 0. The van der Waals surface area contributed by atoms with Gasteiger partial charge in [0.25, 0.3) is 0 Å². The Hall–Kier alpha value is -1.56. The molecule has 0 aliphatic rings. The lowest BCUT2D eigenvalue weighted by Crippen LogP contribution is -2.27. The lowest BCUT2D eigenvalue weighted by atomic mass is 10.2. The van der Waals surface area contributed by atoms with Gasteiger partial charge in [0.15, 0.2) is 5.82 Å². The van der Waals surface area contributed by atoms with E-state index in [-0.39, 0.29) is 0 Å². The molecule has 0 atom stereocenters. The van der Waals surface area contributed by atoms with E-state index in [1.807, 2.05) is 6.92 Å². The van der Waals surface area contributed by atoms with E-state index in [0.29, 0.717) is 30.0 Å². The Balaban J connectivity index is 2.33. The van der Waals surface area contributed by atoms with Crippen LogP contribution >= 0.6 is 0 Å².